The summed E-state index contributed by atoms with van der Waals surface area (Å²) in [6.07, 6.45) is 2.47. The molecule has 0 N–H and O–H groups in total. The van der Waals surface area contributed by atoms with Crippen LogP contribution in [0.15, 0.2) is 30.5 Å². The van der Waals surface area contributed by atoms with Gasteiger partial charge in [-0.15, -0.1) is 0 Å². The van der Waals surface area contributed by atoms with Crippen molar-refractivity contribution in [3.05, 3.63) is 51.3 Å². The van der Waals surface area contributed by atoms with Crippen molar-refractivity contribution in [1.29, 1.82) is 0 Å². The first-order valence-electron chi connectivity index (χ1n) is 7.10. The van der Waals surface area contributed by atoms with Crippen molar-refractivity contribution in [1.82, 2.24) is 9.97 Å². The summed E-state index contributed by atoms with van der Waals surface area (Å²) in [4.78, 5) is 21.0. The van der Waals surface area contributed by atoms with Crippen LogP contribution in [-0.2, 0) is 6.54 Å². The predicted octanol–water partition coefficient (Wildman–Crippen LogP) is 3.46. The van der Waals surface area contributed by atoms with Gasteiger partial charge in [0.05, 0.1) is 12.0 Å². The number of hydrogen-bond donors (Lipinski definition) is 0. The van der Waals surface area contributed by atoms with Crippen LogP contribution in [0.3, 0.4) is 0 Å². The highest BCUT2D eigenvalue weighted by molar-refractivity contribution is 6.29. The molecule has 23 heavy (non-hydrogen) atoms. The molecule has 2 aromatic heterocycles. The van der Waals surface area contributed by atoms with Gasteiger partial charge in [0.25, 0.3) is 0 Å². The molecule has 0 saturated carbocycles. The molecule has 0 atom stereocenters. The summed E-state index contributed by atoms with van der Waals surface area (Å²) in [5.74, 6) is 0.618. The van der Waals surface area contributed by atoms with Crippen molar-refractivity contribution in [3.8, 4) is 5.88 Å². The second-order valence-electron chi connectivity index (χ2n) is 4.86. The van der Waals surface area contributed by atoms with Crippen LogP contribution in [0.1, 0.15) is 18.9 Å². The lowest BCUT2D eigenvalue weighted by molar-refractivity contribution is -0.384. The lowest BCUT2D eigenvalue weighted by Gasteiger charge is -2.23. The van der Waals surface area contributed by atoms with Crippen LogP contribution in [0.2, 0.25) is 5.15 Å². The molecule has 0 aliphatic carbocycles. The summed E-state index contributed by atoms with van der Waals surface area (Å²) < 4.78 is 5.09. The first kappa shape index (κ1) is 17.0. The largest absolute Gasteiger partial charge is 0.481 e. The fraction of sp³-hybridized carbons (Fsp3) is 0.333. The number of anilines is 1. The van der Waals surface area contributed by atoms with Crippen LogP contribution in [0, 0.1) is 10.1 Å². The molecule has 0 aliphatic rings. The molecule has 0 aromatic carbocycles. The van der Waals surface area contributed by atoms with Gasteiger partial charge in [0.2, 0.25) is 11.7 Å². The minimum atomic E-state index is -0.440. The average molecular weight is 337 g/mol. The number of pyridine rings is 2. The minimum absolute atomic E-state index is 0.0545. The molecule has 2 aromatic rings. The maximum atomic E-state index is 11.3. The van der Waals surface area contributed by atoms with E-state index in [2.05, 4.69) is 9.97 Å². The van der Waals surface area contributed by atoms with Gasteiger partial charge < -0.3 is 9.64 Å². The number of rotatable bonds is 7. The molecular formula is C15H17ClN4O3. The Morgan fingerprint density at radius 2 is 2.13 bits per heavy atom. The number of ether oxygens (including phenoxy) is 1. The van der Waals surface area contributed by atoms with E-state index in [0.717, 1.165) is 12.0 Å². The normalized spacial score (nSPS) is 10.4. The van der Waals surface area contributed by atoms with E-state index in [4.69, 9.17) is 16.3 Å². The predicted molar refractivity (Wildman–Crippen MR) is 88.0 cm³/mol. The van der Waals surface area contributed by atoms with Gasteiger partial charge in [-0.25, -0.2) is 4.98 Å². The molecule has 7 nitrogen and oxygen atoms in total. The summed E-state index contributed by atoms with van der Waals surface area (Å²) >= 11 is 5.79. The van der Waals surface area contributed by atoms with E-state index >= 15 is 0 Å². The Morgan fingerprint density at radius 1 is 1.35 bits per heavy atom. The Balaban J connectivity index is 2.39. The first-order valence-corrected chi connectivity index (χ1v) is 7.47. The van der Waals surface area contributed by atoms with Crippen molar-refractivity contribution in [3.63, 3.8) is 0 Å². The van der Waals surface area contributed by atoms with E-state index in [0.29, 0.717) is 24.1 Å². The topological polar surface area (TPSA) is 81.4 Å². The molecule has 0 aliphatic heterocycles. The number of nitrogens with zero attached hydrogens (tertiary/aromatic N) is 4. The first-order chi connectivity index (χ1) is 11.0. The smallest absolute Gasteiger partial charge is 0.311 e. The fourth-order valence-corrected chi connectivity index (χ4v) is 2.27. The monoisotopic (exact) mass is 336 g/mol. The lowest BCUT2D eigenvalue weighted by Crippen LogP contribution is -2.25. The Labute approximate surface area is 139 Å². The average Bonchev–Trinajstić information content (AvgIpc) is 2.55. The molecule has 8 heteroatoms. The fourth-order valence-electron chi connectivity index (χ4n) is 2.16. The number of nitro groups is 1. The third kappa shape index (κ3) is 4.29. The van der Waals surface area contributed by atoms with Gasteiger partial charge in [-0.05, 0) is 18.1 Å². The Kier molecular flexibility index (Phi) is 5.70. The Bertz CT molecular complexity index is 679. The quantitative estimate of drug-likeness (QED) is 0.437. The van der Waals surface area contributed by atoms with E-state index in [1.54, 1.807) is 12.3 Å². The molecular weight excluding hydrogens is 320 g/mol. The van der Waals surface area contributed by atoms with Gasteiger partial charge in [0, 0.05) is 31.4 Å². The van der Waals surface area contributed by atoms with Gasteiger partial charge in [-0.3, -0.25) is 10.1 Å². The third-order valence-electron chi connectivity index (χ3n) is 3.19. The number of hydrogen-bond acceptors (Lipinski definition) is 6. The summed E-state index contributed by atoms with van der Waals surface area (Å²) in [7, 11) is 1.48. The van der Waals surface area contributed by atoms with Crippen LogP contribution in [0.4, 0.5) is 11.5 Å². The van der Waals surface area contributed by atoms with E-state index in [1.807, 2.05) is 17.9 Å². The van der Waals surface area contributed by atoms with Gasteiger partial charge in [-0.2, -0.15) is 4.98 Å². The maximum Gasteiger partial charge on any atom is 0.311 e. The van der Waals surface area contributed by atoms with E-state index in [9.17, 15) is 10.1 Å². The molecule has 0 unspecified atom stereocenters. The molecule has 0 spiro atoms. The minimum Gasteiger partial charge on any atom is -0.481 e. The summed E-state index contributed by atoms with van der Waals surface area (Å²) in [6, 6.07) is 6.41. The van der Waals surface area contributed by atoms with Gasteiger partial charge >= 0.3 is 5.69 Å². The number of aromatic nitrogens is 2. The van der Waals surface area contributed by atoms with Crippen molar-refractivity contribution >= 4 is 23.1 Å². The van der Waals surface area contributed by atoms with Crippen molar-refractivity contribution in [2.45, 2.75) is 19.9 Å². The van der Waals surface area contributed by atoms with E-state index in [-0.39, 0.29) is 11.5 Å². The zero-order valence-corrected chi connectivity index (χ0v) is 13.7. The molecule has 0 radical (unpaired) electrons. The second-order valence-corrected chi connectivity index (χ2v) is 5.25. The highest BCUT2D eigenvalue weighted by Crippen LogP contribution is 2.29. The standard InChI is InChI=1S/C15H17ClN4O3/c1-3-8-19(10-11-4-6-13(16)17-9-11)15-12(20(21)22)5-7-14(18-15)23-2/h4-7,9H,3,8,10H2,1-2H3. The van der Waals surface area contributed by atoms with Crippen LogP contribution in [-0.4, -0.2) is 28.5 Å². The second kappa shape index (κ2) is 7.73. The Morgan fingerprint density at radius 3 is 2.70 bits per heavy atom. The molecule has 2 heterocycles. The highest BCUT2D eigenvalue weighted by Gasteiger charge is 2.22. The van der Waals surface area contributed by atoms with E-state index < -0.39 is 4.92 Å². The highest BCUT2D eigenvalue weighted by atomic mass is 35.5. The number of methoxy groups -OCH3 is 1. The molecule has 0 bridgehead atoms. The zero-order chi connectivity index (χ0) is 16.8. The zero-order valence-electron chi connectivity index (χ0n) is 12.9. The number of halogens is 1. The molecule has 0 fully saturated rings. The van der Waals surface area contributed by atoms with Crippen molar-refractivity contribution < 1.29 is 9.66 Å². The van der Waals surface area contributed by atoms with E-state index in [1.165, 1.54) is 19.2 Å². The van der Waals surface area contributed by atoms with Crippen molar-refractivity contribution in [2.75, 3.05) is 18.6 Å². The Hall–Kier alpha value is -2.41. The lowest BCUT2D eigenvalue weighted by atomic mass is 10.2. The molecule has 0 saturated heterocycles. The van der Waals surface area contributed by atoms with Crippen LogP contribution < -0.4 is 9.64 Å². The summed E-state index contributed by atoms with van der Waals surface area (Å²) in [5.41, 5.74) is 0.836. The molecule has 0 amide bonds. The van der Waals surface area contributed by atoms with Gasteiger partial charge in [-0.1, -0.05) is 24.6 Å². The summed E-state index contributed by atoms with van der Waals surface area (Å²) in [6.45, 7) is 3.06. The van der Waals surface area contributed by atoms with Crippen LogP contribution in [0.5, 0.6) is 5.88 Å². The summed E-state index contributed by atoms with van der Waals surface area (Å²) in [5, 5.41) is 11.7. The molecule has 122 valence electrons. The van der Waals surface area contributed by atoms with Crippen molar-refractivity contribution in [2.24, 2.45) is 0 Å². The van der Waals surface area contributed by atoms with Crippen LogP contribution in [0.25, 0.3) is 0 Å². The SMILES string of the molecule is CCCN(Cc1ccc(Cl)nc1)c1nc(OC)ccc1[N+](=O)[O-]. The molecule has 2 rings (SSSR count). The van der Waals surface area contributed by atoms with Crippen LogP contribution >= 0.6 is 11.6 Å². The third-order valence-corrected chi connectivity index (χ3v) is 3.41. The maximum absolute atomic E-state index is 11.3. The van der Waals surface area contributed by atoms with Gasteiger partial charge in [0.1, 0.15) is 5.15 Å². The van der Waals surface area contributed by atoms with Gasteiger partial charge in [0.15, 0.2) is 0 Å².